The maximum atomic E-state index is 12.1. The standard InChI is InChI=1S/C12H17BrN4O4/c1-4-6(10(19)21-5-2)17-7-8(14-11(17)13)16(3)12(20)15-9(7)18/h6-8H,4-5H2,1-3H3,(H,15,18,20). The molecule has 0 aliphatic carbocycles. The molecule has 0 bridgehead atoms. The summed E-state index contributed by atoms with van der Waals surface area (Å²) < 4.78 is 5.42. The zero-order valence-corrected chi connectivity index (χ0v) is 13.6. The highest BCUT2D eigenvalue weighted by atomic mass is 79.9. The number of aliphatic imine (C=N–C) groups is 1. The quantitative estimate of drug-likeness (QED) is 0.573. The molecular weight excluding hydrogens is 344 g/mol. The summed E-state index contributed by atoms with van der Waals surface area (Å²) >= 11 is 3.28. The van der Waals surface area contributed by atoms with Gasteiger partial charge in [0.1, 0.15) is 6.04 Å². The number of likely N-dealkylation sites (N-methyl/N-ethyl adjacent to an activating group) is 1. The van der Waals surface area contributed by atoms with Crippen molar-refractivity contribution in [3.05, 3.63) is 0 Å². The first-order chi connectivity index (χ1) is 9.92. The third-order valence-electron chi connectivity index (χ3n) is 3.53. The highest BCUT2D eigenvalue weighted by Crippen LogP contribution is 2.29. The molecule has 0 spiro atoms. The van der Waals surface area contributed by atoms with Crippen LogP contribution in [0.5, 0.6) is 0 Å². The first-order valence-electron chi connectivity index (χ1n) is 6.68. The number of hydrogen-bond donors (Lipinski definition) is 1. The summed E-state index contributed by atoms with van der Waals surface area (Å²) in [5, 5.41) is 2.26. The second-order valence-corrected chi connectivity index (χ2v) is 5.45. The molecule has 0 aromatic rings. The Hall–Kier alpha value is -1.64. The largest absolute Gasteiger partial charge is 0.464 e. The van der Waals surface area contributed by atoms with Crippen LogP contribution < -0.4 is 5.32 Å². The van der Waals surface area contributed by atoms with Crippen molar-refractivity contribution >= 4 is 38.6 Å². The number of rotatable bonds is 4. The molecule has 0 radical (unpaired) electrons. The van der Waals surface area contributed by atoms with Gasteiger partial charge in [-0.25, -0.2) is 14.6 Å². The summed E-state index contributed by atoms with van der Waals surface area (Å²) in [6.45, 7) is 3.81. The fourth-order valence-electron chi connectivity index (χ4n) is 2.49. The van der Waals surface area contributed by atoms with Crippen molar-refractivity contribution < 1.29 is 19.1 Å². The Morgan fingerprint density at radius 1 is 1.48 bits per heavy atom. The first kappa shape index (κ1) is 15.7. The lowest BCUT2D eigenvalue weighted by Crippen LogP contribution is -2.65. The van der Waals surface area contributed by atoms with Crippen LogP contribution in [0.2, 0.25) is 0 Å². The van der Waals surface area contributed by atoms with E-state index in [0.717, 1.165) is 0 Å². The number of carbonyl (C=O) groups is 3. The van der Waals surface area contributed by atoms with Crippen LogP contribution in [0.1, 0.15) is 20.3 Å². The van der Waals surface area contributed by atoms with Crippen molar-refractivity contribution in [1.29, 1.82) is 0 Å². The molecule has 8 nitrogen and oxygen atoms in total. The number of amides is 3. The molecule has 21 heavy (non-hydrogen) atoms. The first-order valence-corrected chi connectivity index (χ1v) is 7.47. The molecule has 2 aliphatic rings. The maximum absolute atomic E-state index is 12.1. The van der Waals surface area contributed by atoms with Crippen molar-refractivity contribution in [2.75, 3.05) is 13.7 Å². The lowest BCUT2D eigenvalue weighted by molar-refractivity contribution is -0.149. The van der Waals surface area contributed by atoms with Gasteiger partial charge >= 0.3 is 12.0 Å². The Balaban J connectivity index is 2.32. The highest BCUT2D eigenvalue weighted by Gasteiger charge is 2.51. The molecule has 1 saturated heterocycles. The van der Waals surface area contributed by atoms with E-state index in [1.807, 2.05) is 6.92 Å². The number of hydrogen-bond acceptors (Lipinski definition) is 6. The molecule has 2 rings (SSSR count). The van der Waals surface area contributed by atoms with Gasteiger partial charge < -0.3 is 14.5 Å². The molecule has 1 fully saturated rings. The van der Waals surface area contributed by atoms with E-state index in [4.69, 9.17) is 4.74 Å². The SMILES string of the molecule is CCOC(=O)C(CC)N1C(Br)=NC2C1C(=O)NC(=O)N2C. The van der Waals surface area contributed by atoms with E-state index in [1.54, 1.807) is 18.9 Å². The summed E-state index contributed by atoms with van der Waals surface area (Å²) in [6, 6.07) is -1.88. The fraction of sp³-hybridized carbons (Fsp3) is 0.667. The fourth-order valence-corrected chi connectivity index (χ4v) is 3.17. The van der Waals surface area contributed by atoms with Gasteiger partial charge in [-0.15, -0.1) is 0 Å². The van der Waals surface area contributed by atoms with E-state index in [9.17, 15) is 14.4 Å². The number of ether oxygens (including phenoxy) is 1. The Bertz CT molecular complexity index is 509. The van der Waals surface area contributed by atoms with Crippen molar-refractivity contribution in [2.45, 2.75) is 38.5 Å². The summed E-state index contributed by atoms with van der Waals surface area (Å²) in [6.07, 6.45) is -0.193. The normalized spacial score (nSPS) is 26.2. The topological polar surface area (TPSA) is 91.3 Å². The number of amidine groups is 1. The van der Waals surface area contributed by atoms with Crippen LogP contribution in [0.4, 0.5) is 4.79 Å². The molecule has 1 N–H and O–H groups in total. The minimum atomic E-state index is -0.739. The average Bonchev–Trinajstić information content (AvgIpc) is 2.76. The molecule has 2 heterocycles. The van der Waals surface area contributed by atoms with E-state index >= 15 is 0 Å². The van der Waals surface area contributed by atoms with Gasteiger partial charge in [0, 0.05) is 7.05 Å². The molecule has 116 valence electrons. The molecular formula is C12H17BrN4O4. The number of carbonyl (C=O) groups excluding carboxylic acids is 3. The number of imide groups is 1. The summed E-state index contributed by atoms with van der Waals surface area (Å²) in [7, 11) is 1.55. The monoisotopic (exact) mass is 360 g/mol. The van der Waals surface area contributed by atoms with Crippen molar-refractivity contribution in [2.24, 2.45) is 4.99 Å². The number of fused-ring (bicyclic) bond motifs is 1. The van der Waals surface area contributed by atoms with E-state index in [-0.39, 0.29) is 6.61 Å². The third kappa shape index (κ3) is 2.61. The summed E-state index contributed by atoms with van der Waals surface area (Å²) in [5.41, 5.74) is 0. The molecule has 0 aromatic heterocycles. The van der Waals surface area contributed by atoms with Crippen molar-refractivity contribution in [3.8, 4) is 0 Å². The van der Waals surface area contributed by atoms with Gasteiger partial charge in [0.05, 0.1) is 6.61 Å². The minimum Gasteiger partial charge on any atom is -0.464 e. The Morgan fingerprint density at radius 2 is 2.14 bits per heavy atom. The minimum absolute atomic E-state index is 0.261. The van der Waals surface area contributed by atoms with Crippen molar-refractivity contribution in [1.82, 2.24) is 15.1 Å². The lowest BCUT2D eigenvalue weighted by Gasteiger charge is -2.38. The zero-order valence-electron chi connectivity index (χ0n) is 12.0. The predicted molar refractivity (Wildman–Crippen MR) is 77.8 cm³/mol. The van der Waals surface area contributed by atoms with Gasteiger partial charge in [-0.1, -0.05) is 6.92 Å². The van der Waals surface area contributed by atoms with Crippen LogP contribution in [0.3, 0.4) is 0 Å². The van der Waals surface area contributed by atoms with Gasteiger partial charge in [0.25, 0.3) is 5.91 Å². The van der Waals surface area contributed by atoms with Gasteiger partial charge in [-0.3, -0.25) is 10.1 Å². The van der Waals surface area contributed by atoms with Crippen LogP contribution in [0, 0.1) is 0 Å². The Kier molecular flexibility index (Phi) is 4.50. The number of urea groups is 1. The van der Waals surface area contributed by atoms with Gasteiger partial charge in [-0.2, -0.15) is 0 Å². The van der Waals surface area contributed by atoms with Crippen LogP contribution in [0.25, 0.3) is 0 Å². The number of nitrogens with one attached hydrogen (secondary N) is 1. The van der Waals surface area contributed by atoms with Crippen LogP contribution in [-0.2, 0) is 14.3 Å². The van der Waals surface area contributed by atoms with Gasteiger partial charge in [-0.05, 0) is 29.3 Å². The average molecular weight is 361 g/mol. The Labute approximate surface area is 130 Å². The molecule has 9 heteroatoms. The molecule has 3 unspecified atom stereocenters. The second kappa shape index (κ2) is 6.00. The summed E-state index contributed by atoms with van der Waals surface area (Å²) in [5.74, 6) is -0.885. The number of nitrogens with zero attached hydrogens (tertiary/aromatic N) is 3. The predicted octanol–water partition coefficient (Wildman–Crippen LogP) is 0.271. The highest BCUT2D eigenvalue weighted by molar-refractivity contribution is 9.18. The number of halogens is 1. The van der Waals surface area contributed by atoms with Gasteiger partial charge in [0.15, 0.2) is 17.0 Å². The van der Waals surface area contributed by atoms with E-state index < -0.39 is 36.2 Å². The number of esters is 1. The Morgan fingerprint density at radius 3 is 2.71 bits per heavy atom. The van der Waals surface area contributed by atoms with Crippen LogP contribution >= 0.6 is 15.9 Å². The van der Waals surface area contributed by atoms with E-state index in [0.29, 0.717) is 11.2 Å². The maximum Gasteiger partial charge on any atom is 0.328 e. The van der Waals surface area contributed by atoms with E-state index in [1.165, 1.54) is 4.90 Å². The summed E-state index contributed by atoms with van der Waals surface area (Å²) in [4.78, 5) is 43.0. The van der Waals surface area contributed by atoms with Crippen LogP contribution in [-0.4, -0.2) is 64.4 Å². The van der Waals surface area contributed by atoms with Gasteiger partial charge in [0.2, 0.25) is 0 Å². The second-order valence-electron chi connectivity index (χ2n) is 4.75. The molecule has 0 saturated carbocycles. The third-order valence-corrected chi connectivity index (χ3v) is 4.15. The molecule has 3 atom stereocenters. The van der Waals surface area contributed by atoms with E-state index in [2.05, 4.69) is 26.2 Å². The molecule has 3 amide bonds. The van der Waals surface area contributed by atoms with Crippen LogP contribution in [0.15, 0.2) is 4.99 Å². The molecule has 0 aromatic carbocycles. The molecule has 2 aliphatic heterocycles. The van der Waals surface area contributed by atoms with Crippen molar-refractivity contribution in [3.63, 3.8) is 0 Å². The zero-order chi connectivity index (χ0) is 15.7. The lowest BCUT2D eigenvalue weighted by atomic mass is 10.1. The smallest absolute Gasteiger partial charge is 0.328 e.